The van der Waals surface area contributed by atoms with Crippen molar-refractivity contribution in [3.05, 3.63) is 47.1 Å². The van der Waals surface area contributed by atoms with Crippen LogP contribution in [0.25, 0.3) is 21.9 Å². The zero-order valence-electron chi connectivity index (χ0n) is 8.82. The topological polar surface area (TPSA) is 45.2 Å². The first kappa shape index (κ1) is 9.09. The molecule has 0 bridgehead atoms. The molecule has 1 aromatic rings. The van der Waals surface area contributed by atoms with Crippen LogP contribution in [0, 0.1) is 11.8 Å². The molecule has 0 amide bonds. The molecule has 16 heavy (non-hydrogen) atoms. The van der Waals surface area contributed by atoms with Crippen molar-refractivity contribution in [2.75, 3.05) is 0 Å². The van der Waals surface area contributed by atoms with Crippen LogP contribution in [0.5, 0.6) is 0 Å². The molecule has 0 radical (unpaired) electrons. The number of aryl methyl sites for hydroxylation is 1. The van der Waals surface area contributed by atoms with Crippen molar-refractivity contribution in [2.45, 2.75) is 6.92 Å². The van der Waals surface area contributed by atoms with Crippen LogP contribution in [0.2, 0.25) is 0 Å². The number of nitroso groups, excluding NO2 is 1. The molecule has 0 saturated heterocycles. The van der Waals surface area contributed by atoms with Gasteiger partial charge in [-0.25, -0.2) is 0 Å². The van der Waals surface area contributed by atoms with Gasteiger partial charge in [0, 0.05) is 22.8 Å². The van der Waals surface area contributed by atoms with Gasteiger partial charge in [0.2, 0.25) is 0 Å². The predicted molar refractivity (Wildman–Crippen MR) is 65.1 cm³/mol. The molecule has 3 nitrogen and oxygen atoms in total. The van der Waals surface area contributed by atoms with E-state index in [2.05, 4.69) is 10.2 Å². The van der Waals surface area contributed by atoms with Gasteiger partial charge in [-0.2, -0.15) is 0 Å². The second kappa shape index (κ2) is 3.17. The normalized spacial score (nSPS) is 11.1. The smallest absolute Gasteiger partial charge is 0.125 e. The van der Waals surface area contributed by atoms with E-state index in [1.54, 1.807) is 0 Å². The number of hydrogen-bond donors (Lipinski definition) is 1. The number of nitrogens with zero attached hydrogens (tertiary/aromatic N) is 1. The van der Waals surface area contributed by atoms with Crippen molar-refractivity contribution < 1.29 is 0 Å². The van der Waals surface area contributed by atoms with Gasteiger partial charge in [0.25, 0.3) is 0 Å². The molecule has 3 heteroatoms. The molecular formula is C13H10N2O. The van der Waals surface area contributed by atoms with Gasteiger partial charge in [0.05, 0.1) is 0 Å². The zero-order valence-corrected chi connectivity index (χ0v) is 8.82. The average molecular weight is 210 g/mol. The summed E-state index contributed by atoms with van der Waals surface area (Å²) in [4.78, 5) is 14.0. The highest BCUT2D eigenvalue weighted by atomic mass is 16.3. The molecule has 1 aromatic carbocycles. The summed E-state index contributed by atoms with van der Waals surface area (Å²) in [6, 6.07) is 9.90. The van der Waals surface area contributed by atoms with E-state index in [-0.39, 0.29) is 0 Å². The molecule has 0 saturated carbocycles. The lowest BCUT2D eigenvalue weighted by Gasteiger charge is -2.01. The number of hydrogen-bond acceptors (Lipinski definition) is 2. The average Bonchev–Trinajstić information content (AvgIpc) is 2.62. The highest BCUT2D eigenvalue weighted by molar-refractivity contribution is 6.12. The highest BCUT2D eigenvalue weighted by Crippen LogP contribution is 2.44. The van der Waals surface area contributed by atoms with Crippen LogP contribution in [0.4, 0.5) is 5.69 Å². The van der Waals surface area contributed by atoms with Gasteiger partial charge in [0.15, 0.2) is 0 Å². The van der Waals surface area contributed by atoms with Crippen LogP contribution < -0.4 is 0 Å². The second-order valence-corrected chi connectivity index (χ2v) is 3.93. The van der Waals surface area contributed by atoms with Crippen molar-refractivity contribution in [2.24, 2.45) is 5.18 Å². The Balaban J connectivity index is 2.57. The van der Waals surface area contributed by atoms with Crippen molar-refractivity contribution in [3.63, 3.8) is 0 Å². The Labute approximate surface area is 92.4 Å². The third-order valence-corrected chi connectivity index (χ3v) is 2.91. The van der Waals surface area contributed by atoms with Crippen molar-refractivity contribution >= 4 is 16.5 Å². The van der Waals surface area contributed by atoms with Crippen LogP contribution >= 0.6 is 0 Å². The molecule has 1 heterocycles. The molecule has 2 aliphatic rings. The number of fused-ring (bicyclic) bond motifs is 3. The number of benzene rings is 1. The quantitative estimate of drug-likeness (QED) is 0.606. The van der Waals surface area contributed by atoms with E-state index < -0.39 is 0 Å². The number of rotatable bonds is 1. The number of H-pyrrole nitrogens is 1. The van der Waals surface area contributed by atoms with E-state index in [4.69, 9.17) is 0 Å². The summed E-state index contributed by atoms with van der Waals surface area (Å²) in [5.41, 5.74) is 3.57. The Bertz CT molecular complexity index is 654. The molecule has 0 unspecified atom stereocenters. The first-order chi connectivity index (χ1) is 7.81. The Morgan fingerprint density at radius 2 is 1.88 bits per heavy atom. The molecular weight excluding hydrogens is 200 g/mol. The van der Waals surface area contributed by atoms with Crippen LogP contribution in [0.1, 0.15) is 5.69 Å². The number of pyridine rings is 1. The number of nitrogens with one attached hydrogen (secondary N) is 1. The molecule has 0 spiro atoms. The minimum atomic E-state index is 0.529. The van der Waals surface area contributed by atoms with Crippen LogP contribution in [-0.4, -0.2) is 4.98 Å². The largest absolute Gasteiger partial charge is 0.365 e. The van der Waals surface area contributed by atoms with E-state index in [1.165, 1.54) is 0 Å². The summed E-state index contributed by atoms with van der Waals surface area (Å²) >= 11 is 0. The monoisotopic (exact) mass is 210 g/mol. The first-order valence-electron chi connectivity index (χ1n) is 5.14. The van der Waals surface area contributed by atoms with Gasteiger partial charge < -0.3 is 4.98 Å². The fourth-order valence-electron chi connectivity index (χ4n) is 2.19. The maximum Gasteiger partial charge on any atom is 0.125 e. The lowest BCUT2D eigenvalue weighted by atomic mass is 10.1. The summed E-state index contributed by atoms with van der Waals surface area (Å²) in [5.74, 6) is 0. The van der Waals surface area contributed by atoms with Gasteiger partial charge in [-0.1, -0.05) is 24.3 Å². The van der Waals surface area contributed by atoms with Crippen LogP contribution in [0.15, 0.2) is 41.7 Å². The van der Waals surface area contributed by atoms with E-state index in [1.807, 2.05) is 43.5 Å². The SMILES string of the molecule is Cc1cc2c3ccccc3c(N=O)c-2c[nH]1. The molecule has 0 atom stereocenters. The summed E-state index contributed by atoms with van der Waals surface area (Å²) in [7, 11) is 0. The van der Waals surface area contributed by atoms with Gasteiger partial charge in [0.1, 0.15) is 5.69 Å². The summed E-state index contributed by atoms with van der Waals surface area (Å²) in [6.07, 6.45) is 1.85. The van der Waals surface area contributed by atoms with E-state index in [0.29, 0.717) is 5.69 Å². The minimum absolute atomic E-state index is 0.529. The number of aromatic nitrogens is 1. The van der Waals surface area contributed by atoms with Gasteiger partial charge >= 0.3 is 0 Å². The predicted octanol–water partition coefficient (Wildman–Crippen LogP) is 3.98. The second-order valence-electron chi connectivity index (χ2n) is 3.93. The van der Waals surface area contributed by atoms with E-state index in [0.717, 1.165) is 27.6 Å². The fraction of sp³-hybridized carbons (Fsp3) is 0.0769. The standard InChI is InChI=1S/C13H10N2O/c1-8-6-11-9-4-2-3-5-10(9)13(15-16)12(11)7-14-8/h2-7,14H,1H3. The van der Waals surface area contributed by atoms with Crippen molar-refractivity contribution in [1.29, 1.82) is 0 Å². The van der Waals surface area contributed by atoms with Gasteiger partial charge in [-0.05, 0) is 29.1 Å². The third-order valence-electron chi connectivity index (χ3n) is 2.91. The summed E-state index contributed by atoms with van der Waals surface area (Å²) in [5, 5.41) is 5.16. The van der Waals surface area contributed by atoms with E-state index in [9.17, 15) is 4.91 Å². The Hall–Kier alpha value is -2.16. The molecule has 1 aliphatic carbocycles. The molecule has 1 N–H and O–H groups in total. The van der Waals surface area contributed by atoms with Crippen LogP contribution in [0.3, 0.4) is 0 Å². The maximum absolute atomic E-state index is 10.9. The lowest BCUT2D eigenvalue weighted by Crippen LogP contribution is -1.82. The van der Waals surface area contributed by atoms with Crippen LogP contribution in [-0.2, 0) is 0 Å². The molecule has 1 aliphatic heterocycles. The third kappa shape index (κ3) is 1.08. The Kier molecular flexibility index (Phi) is 1.80. The Morgan fingerprint density at radius 1 is 1.12 bits per heavy atom. The van der Waals surface area contributed by atoms with Crippen molar-refractivity contribution in [1.82, 2.24) is 4.98 Å². The molecule has 0 fully saturated rings. The first-order valence-corrected chi connectivity index (χ1v) is 5.14. The number of aromatic amines is 1. The molecule has 78 valence electrons. The zero-order chi connectivity index (χ0) is 11.1. The maximum atomic E-state index is 10.9. The fourth-order valence-corrected chi connectivity index (χ4v) is 2.19. The van der Waals surface area contributed by atoms with Gasteiger partial charge in [-0.3, -0.25) is 0 Å². The van der Waals surface area contributed by atoms with E-state index >= 15 is 0 Å². The Morgan fingerprint density at radius 3 is 2.62 bits per heavy atom. The minimum Gasteiger partial charge on any atom is -0.365 e. The summed E-state index contributed by atoms with van der Waals surface area (Å²) < 4.78 is 0. The lowest BCUT2D eigenvalue weighted by molar-refractivity contribution is 1.20. The summed E-state index contributed by atoms with van der Waals surface area (Å²) in [6.45, 7) is 2.00. The van der Waals surface area contributed by atoms with Crippen molar-refractivity contribution in [3.8, 4) is 11.1 Å². The van der Waals surface area contributed by atoms with Gasteiger partial charge in [-0.15, -0.1) is 4.91 Å². The highest BCUT2D eigenvalue weighted by Gasteiger charge is 2.17. The molecule has 0 aromatic heterocycles. The molecule has 3 rings (SSSR count).